The number of allylic oxidation sites excluding steroid dienone is 2. The molecule has 1 saturated heterocycles. The summed E-state index contributed by atoms with van der Waals surface area (Å²) in [5, 5.41) is 12.7. The molecule has 14 heteroatoms. The number of H-pyrrole nitrogens is 1. The number of rotatable bonds is 10. The summed E-state index contributed by atoms with van der Waals surface area (Å²) in [6.45, 7) is 2.10. The molecule has 3 unspecified atom stereocenters. The molecule has 3 aromatic rings. The minimum Gasteiger partial charge on any atom is -0.484 e. The van der Waals surface area contributed by atoms with Crippen molar-refractivity contribution in [1.82, 2.24) is 14.9 Å². The number of nitrogens with one attached hydrogen (secondary N) is 1. The third-order valence-electron chi connectivity index (χ3n) is 7.65. The van der Waals surface area contributed by atoms with Gasteiger partial charge in [-0.3, -0.25) is 19.8 Å². The number of amides is 1. The maximum absolute atomic E-state index is 14.3. The summed E-state index contributed by atoms with van der Waals surface area (Å²) in [4.78, 5) is 30.6. The Morgan fingerprint density at radius 3 is 2.86 bits per heavy atom. The Labute approximate surface area is 241 Å². The van der Waals surface area contributed by atoms with E-state index >= 15 is 0 Å². The second-order valence-corrected chi connectivity index (χ2v) is 12.6. The summed E-state index contributed by atoms with van der Waals surface area (Å²) in [6.07, 6.45) is 10.4. The van der Waals surface area contributed by atoms with Crippen molar-refractivity contribution in [2.75, 3.05) is 26.3 Å². The van der Waals surface area contributed by atoms with Gasteiger partial charge in [0.2, 0.25) is 20.7 Å². The van der Waals surface area contributed by atoms with Crippen molar-refractivity contribution in [3.63, 3.8) is 0 Å². The van der Waals surface area contributed by atoms with E-state index in [1.165, 1.54) is 42.6 Å². The van der Waals surface area contributed by atoms with Crippen LogP contribution in [0.15, 0.2) is 71.9 Å². The van der Waals surface area contributed by atoms with Crippen molar-refractivity contribution >= 4 is 32.5 Å². The summed E-state index contributed by atoms with van der Waals surface area (Å²) >= 11 is 0. The maximum Gasteiger partial charge on any atom is 0.312 e. The zero-order valence-corrected chi connectivity index (χ0v) is 23.2. The van der Waals surface area contributed by atoms with Crippen LogP contribution in [0.25, 0.3) is 11.0 Å². The standard InChI is InChI=1S/C28H29N5O8S/c29-26(34)23-3-1-2-9-28(23,41-20-13-18-8-10-30-27(18)31-15-20)42(37,38)22-6-7-25(24(14-22)33(35)36)40-17-21-16-32(11-12-39-21)19-4-5-19/h1-3,6-10,13-15,19,21,23H,4-5,11-12,16-17H2,(H2,29,34)(H,30,31). The number of carbonyl (C=O) groups is 1. The molecule has 1 aliphatic heterocycles. The van der Waals surface area contributed by atoms with Crippen molar-refractivity contribution in [3.8, 4) is 11.5 Å². The summed E-state index contributed by atoms with van der Waals surface area (Å²) in [5.41, 5.74) is 5.65. The number of primary amides is 1. The molecular weight excluding hydrogens is 566 g/mol. The SMILES string of the molecule is NC(=O)C1C=CC=CC1(Oc1cnc2[nH]ccc2c1)S(=O)(=O)c1ccc(OCC2CN(C3CC3)CCO2)c([N+](=O)[O-])c1. The number of benzene rings is 1. The second-order valence-electron chi connectivity index (χ2n) is 10.5. The Hall–Kier alpha value is -4.27. The average molecular weight is 596 g/mol. The number of pyridine rings is 1. The first-order valence-electron chi connectivity index (χ1n) is 13.5. The number of sulfone groups is 1. The number of fused-ring (bicyclic) bond motifs is 1. The fourth-order valence-electron chi connectivity index (χ4n) is 5.37. The number of hydrogen-bond acceptors (Lipinski definition) is 10. The van der Waals surface area contributed by atoms with Crippen LogP contribution in [0.4, 0.5) is 5.69 Å². The van der Waals surface area contributed by atoms with Gasteiger partial charge in [0, 0.05) is 36.8 Å². The molecule has 3 heterocycles. The fraction of sp³-hybridized carbons (Fsp3) is 0.357. The van der Waals surface area contributed by atoms with Gasteiger partial charge in [0.05, 0.1) is 22.6 Å². The number of nitro benzene ring substituents is 1. The number of nitrogens with two attached hydrogens (primary N) is 1. The third kappa shape index (κ3) is 5.12. The van der Waals surface area contributed by atoms with E-state index in [9.17, 15) is 23.3 Å². The van der Waals surface area contributed by atoms with Gasteiger partial charge in [-0.25, -0.2) is 13.4 Å². The van der Waals surface area contributed by atoms with Crippen molar-refractivity contribution < 1.29 is 32.3 Å². The van der Waals surface area contributed by atoms with Crippen molar-refractivity contribution in [2.45, 2.75) is 34.8 Å². The number of nitro groups is 1. The van der Waals surface area contributed by atoms with Crippen LogP contribution in [-0.2, 0) is 19.4 Å². The lowest BCUT2D eigenvalue weighted by Gasteiger charge is -2.36. The first-order valence-corrected chi connectivity index (χ1v) is 15.0. The highest BCUT2D eigenvalue weighted by molar-refractivity contribution is 7.93. The van der Waals surface area contributed by atoms with Crippen LogP contribution in [0, 0.1) is 16.0 Å². The molecule has 1 amide bonds. The molecule has 0 bridgehead atoms. The van der Waals surface area contributed by atoms with E-state index in [0.717, 1.165) is 25.5 Å². The lowest BCUT2D eigenvalue weighted by atomic mass is 9.96. The Kier molecular flexibility index (Phi) is 7.20. The molecule has 3 aliphatic rings. The number of morpholine rings is 1. The molecule has 220 valence electrons. The van der Waals surface area contributed by atoms with E-state index < -0.39 is 42.1 Å². The van der Waals surface area contributed by atoms with Gasteiger partial charge >= 0.3 is 5.69 Å². The highest BCUT2D eigenvalue weighted by atomic mass is 32.2. The van der Waals surface area contributed by atoms with E-state index in [2.05, 4.69) is 14.9 Å². The van der Waals surface area contributed by atoms with Crippen LogP contribution < -0.4 is 15.2 Å². The Balaban J connectivity index is 1.33. The third-order valence-corrected chi connectivity index (χ3v) is 9.84. The number of ether oxygens (including phenoxy) is 3. The van der Waals surface area contributed by atoms with Gasteiger partial charge < -0.3 is 24.9 Å². The Morgan fingerprint density at radius 2 is 2.10 bits per heavy atom. The molecule has 2 aliphatic carbocycles. The van der Waals surface area contributed by atoms with Crippen LogP contribution in [0.3, 0.4) is 0 Å². The van der Waals surface area contributed by atoms with E-state index in [1.807, 2.05) is 0 Å². The zero-order valence-electron chi connectivity index (χ0n) is 22.4. The van der Waals surface area contributed by atoms with Gasteiger partial charge in [0.25, 0.3) is 0 Å². The normalized spacial score (nSPS) is 24.5. The van der Waals surface area contributed by atoms with Gasteiger partial charge in [-0.05, 0) is 43.2 Å². The summed E-state index contributed by atoms with van der Waals surface area (Å²) in [7, 11) is -4.66. The predicted molar refractivity (Wildman–Crippen MR) is 151 cm³/mol. The van der Waals surface area contributed by atoms with E-state index in [-0.39, 0.29) is 24.2 Å². The van der Waals surface area contributed by atoms with Gasteiger partial charge in [0.15, 0.2) is 5.75 Å². The molecule has 13 nitrogen and oxygen atoms in total. The number of aromatic amines is 1. The molecular formula is C28H29N5O8S. The molecule has 0 radical (unpaired) electrons. The average Bonchev–Trinajstić information content (AvgIpc) is 3.73. The molecule has 42 heavy (non-hydrogen) atoms. The van der Waals surface area contributed by atoms with Crippen LogP contribution in [0.5, 0.6) is 11.5 Å². The number of nitrogens with zero attached hydrogens (tertiary/aromatic N) is 3. The van der Waals surface area contributed by atoms with Gasteiger partial charge in [-0.1, -0.05) is 18.2 Å². The molecule has 1 aromatic carbocycles. The van der Waals surface area contributed by atoms with Crippen LogP contribution >= 0.6 is 0 Å². The quantitative estimate of drug-likeness (QED) is 0.261. The molecule has 1 saturated carbocycles. The molecule has 2 aromatic heterocycles. The minimum absolute atomic E-state index is 0.0547. The lowest BCUT2D eigenvalue weighted by molar-refractivity contribution is -0.386. The fourth-order valence-corrected chi connectivity index (χ4v) is 7.25. The molecule has 2 fully saturated rings. The zero-order chi connectivity index (χ0) is 29.5. The number of hydrogen-bond donors (Lipinski definition) is 2. The molecule has 3 N–H and O–H groups in total. The van der Waals surface area contributed by atoms with E-state index in [1.54, 1.807) is 18.3 Å². The Bertz CT molecular complexity index is 1700. The highest BCUT2D eigenvalue weighted by Crippen LogP contribution is 2.42. The smallest absolute Gasteiger partial charge is 0.312 e. The molecule has 6 rings (SSSR count). The summed E-state index contributed by atoms with van der Waals surface area (Å²) < 4.78 is 46.3. The highest BCUT2D eigenvalue weighted by Gasteiger charge is 2.54. The molecule has 3 atom stereocenters. The van der Waals surface area contributed by atoms with Crippen LogP contribution in [-0.4, -0.2) is 77.5 Å². The molecule has 0 spiro atoms. The number of aromatic nitrogens is 2. The van der Waals surface area contributed by atoms with Crippen molar-refractivity contribution in [3.05, 3.63) is 77.1 Å². The van der Waals surface area contributed by atoms with E-state index in [4.69, 9.17) is 19.9 Å². The summed E-state index contributed by atoms with van der Waals surface area (Å²) in [5.74, 6) is -2.47. The summed E-state index contributed by atoms with van der Waals surface area (Å²) in [6, 6.07) is 7.18. The number of carbonyl (C=O) groups excluding carboxylic acids is 1. The van der Waals surface area contributed by atoms with Crippen molar-refractivity contribution in [1.29, 1.82) is 0 Å². The van der Waals surface area contributed by atoms with E-state index in [0.29, 0.717) is 30.2 Å². The first-order chi connectivity index (χ1) is 20.2. The maximum atomic E-state index is 14.3. The van der Waals surface area contributed by atoms with Gasteiger partial charge in [0.1, 0.15) is 30.0 Å². The van der Waals surface area contributed by atoms with Crippen molar-refractivity contribution in [2.24, 2.45) is 11.7 Å². The topological polar surface area (TPSA) is 180 Å². The minimum atomic E-state index is -4.66. The monoisotopic (exact) mass is 595 g/mol. The van der Waals surface area contributed by atoms with Crippen LogP contribution in [0.1, 0.15) is 12.8 Å². The predicted octanol–water partition coefficient (Wildman–Crippen LogP) is 2.49. The van der Waals surface area contributed by atoms with Gasteiger partial charge in [-0.15, -0.1) is 0 Å². The van der Waals surface area contributed by atoms with Gasteiger partial charge in [-0.2, -0.15) is 0 Å². The largest absolute Gasteiger partial charge is 0.484 e. The van der Waals surface area contributed by atoms with Crippen LogP contribution in [0.2, 0.25) is 0 Å². The Morgan fingerprint density at radius 1 is 1.26 bits per heavy atom. The lowest BCUT2D eigenvalue weighted by Crippen LogP contribution is -2.53. The second kappa shape index (κ2) is 10.9. The first kappa shape index (κ1) is 27.9.